The topological polar surface area (TPSA) is 77.5 Å². The number of amides is 1. The lowest BCUT2D eigenvalue weighted by Gasteiger charge is -2.11. The van der Waals surface area contributed by atoms with Crippen LogP contribution < -0.4 is 10.1 Å². The van der Waals surface area contributed by atoms with Crippen LogP contribution in [0.25, 0.3) is 6.08 Å². The van der Waals surface area contributed by atoms with Gasteiger partial charge < -0.3 is 14.8 Å². The van der Waals surface area contributed by atoms with E-state index in [0.29, 0.717) is 17.4 Å². The van der Waals surface area contributed by atoms with Crippen LogP contribution in [-0.2, 0) is 14.3 Å². The van der Waals surface area contributed by atoms with Crippen molar-refractivity contribution in [3.05, 3.63) is 59.3 Å². The van der Waals surface area contributed by atoms with Crippen LogP contribution in [0.4, 0.5) is 5.82 Å². The first-order valence-corrected chi connectivity index (χ1v) is 8.39. The smallest absolute Gasteiger partial charge is 0.331 e. The van der Waals surface area contributed by atoms with Crippen molar-refractivity contribution in [3.8, 4) is 5.75 Å². The van der Waals surface area contributed by atoms with Gasteiger partial charge in [-0.15, -0.1) is 0 Å². The summed E-state index contributed by atoms with van der Waals surface area (Å²) in [5.74, 6) is -0.0196. The molecule has 0 saturated heterocycles. The number of benzene rings is 1. The summed E-state index contributed by atoms with van der Waals surface area (Å²) >= 11 is 5.73. The van der Waals surface area contributed by atoms with Gasteiger partial charge in [0.1, 0.15) is 11.6 Å². The average Bonchev–Trinajstić information content (AvgIpc) is 2.63. The zero-order valence-electron chi connectivity index (χ0n) is 14.4. The zero-order valence-corrected chi connectivity index (χ0v) is 15.2. The van der Waals surface area contributed by atoms with E-state index in [1.807, 2.05) is 31.2 Å². The monoisotopic (exact) mass is 374 g/mol. The molecule has 1 atom stereocenters. The molecule has 1 N–H and O–H groups in total. The number of halogens is 1. The molecule has 136 valence electrons. The van der Waals surface area contributed by atoms with Gasteiger partial charge in [-0.25, -0.2) is 9.78 Å². The third-order valence-electron chi connectivity index (χ3n) is 3.24. The van der Waals surface area contributed by atoms with Crippen LogP contribution in [0.2, 0.25) is 5.02 Å². The summed E-state index contributed by atoms with van der Waals surface area (Å²) in [6.45, 7) is 3.98. The maximum Gasteiger partial charge on any atom is 0.331 e. The minimum atomic E-state index is -0.968. The molecule has 6 nitrogen and oxygen atoms in total. The molecule has 7 heteroatoms. The highest BCUT2D eigenvalue weighted by atomic mass is 35.5. The van der Waals surface area contributed by atoms with Gasteiger partial charge in [-0.2, -0.15) is 0 Å². The first kappa shape index (κ1) is 19.5. The van der Waals surface area contributed by atoms with Gasteiger partial charge in [0, 0.05) is 12.3 Å². The predicted octanol–water partition coefficient (Wildman–Crippen LogP) is 3.72. The molecule has 0 radical (unpaired) electrons. The van der Waals surface area contributed by atoms with Crippen molar-refractivity contribution in [2.45, 2.75) is 20.0 Å². The summed E-state index contributed by atoms with van der Waals surface area (Å²) in [7, 11) is 0. The van der Waals surface area contributed by atoms with Crippen LogP contribution in [-0.4, -0.2) is 29.6 Å². The molecule has 1 amide bonds. The molecular formula is C19H19ClN2O4. The van der Waals surface area contributed by atoms with Gasteiger partial charge in [0.2, 0.25) is 0 Å². The Morgan fingerprint density at radius 1 is 1.23 bits per heavy atom. The number of carbonyl (C=O) groups is 2. The fourth-order valence-electron chi connectivity index (χ4n) is 1.95. The van der Waals surface area contributed by atoms with Crippen LogP contribution in [0, 0.1) is 0 Å². The van der Waals surface area contributed by atoms with Crippen LogP contribution in [0.15, 0.2) is 48.7 Å². The van der Waals surface area contributed by atoms with E-state index in [2.05, 4.69) is 10.3 Å². The van der Waals surface area contributed by atoms with E-state index in [1.54, 1.807) is 18.2 Å². The normalized spacial score (nSPS) is 11.8. The molecule has 0 spiro atoms. The van der Waals surface area contributed by atoms with Crippen molar-refractivity contribution >= 4 is 35.4 Å². The molecule has 2 aromatic rings. The lowest BCUT2D eigenvalue weighted by molar-refractivity contribution is -0.148. The van der Waals surface area contributed by atoms with Crippen molar-refractivity contribution in [1.29, 1.82) is 0 Å². The molecular weight excluding hydrogens is 356 g/mol. The lowest BCUT2D eigenvalue weighted by Crippen LogP contribution is -2.29. The number of esters is 1. The van der Waals surface area contributed by atoms with Crippen LogP contribution in [0.5, 0.6) is 5.75 Å². The summed E-state index contributed by atoms with van der Waals surface area (Å²) in [5, 5.41) is 3.00. The van der Waals surface area contributed by atoms with Crippen LogP contribution >= 0.6 is 11.6 Å². The maximum atomic E-state index is 12.0. The van der Waals surface area contributed by atoms with Crippen molar-refractivity contribution in [2.24, 2.45) is 0 Å². The number of nitrogens with zero attached hydrogens (tertiary/aromatic N) is 1. The first-order chi connectivity index (χ1) is 12.5. The summed E-state index contributed by atoms with van der Waals surface area (Å²) in [4.78, 5) is 27.8. The van der Waals surface area contributed by atoms with Gasteiger partial charge in [0.25, 0.3) is 5.91 Å². The molecule has 1 heterocycles. The minimum absolute atomic E-state index is 0.326. The molecule has 0 saturated carbocycles. The standard InChI is InChI=1S/C19H19ClN2O4/c1-3-25-16-8-4-14(5-9-16)6-11-18(23)26-13(2)19(24)22-17-10-7-15(20)12-21-17/h4-13H,3H2,1-2H3,(H,21,22,24)/b11-6+. The van der Waals surface area contributed by atoms with Crippen molar-refractivity contribution < 1.29 is 19.1 Å². The van der Waals surface area contributed by atoms with Gasteiger partial charge >= 0.3 is 5.97 Å². The Kier molecular flexibility index (Phi) is 7.17. The Balaban J connectivity index is 1.85. The number of aromatic nitrogens is 1. The summed E-state index contributed by atoms with van der Waals surface area (Å²) in [6, 6.07) is 10.4. The Morgan fingerprint density at radius 3 is 2.58 bits per heavy atom. The van der Waals surface area contributed by atoms with E-state index in [9.17, 15) is 9.59 Å². The molecule has 0 aliphatic carbocycles. The number of nitrogens with one attached hydrogen (secondary N) is 1. The molecule has 1 aromatic heterocycles. The second kappa shape index (κ2) is 9.58. The fourth-order valence-corrected chi connectivity index (χ4v) is 2.06. The van der Waals surface area contributed by atoms with Crippen molar-refractivity contribution in [2.75, 3.05) is 11.9 Å². The number of anilines is 1. The van der Waals surface area contributed by atoms with Gasteiger partial charge in [-0.3, -0.25) is 4.79 Å². The van der Waals surface area contributed by atoms with E-state index >= 15 is 0 Å². The van der Waals surface area contributed by atoms with E-state index < -0.39 is 18.0 Å². The van der Waals surface area contributed by atoms with E-state index in [1.165, 1.54) is 19.2 Å². The first-order valence-electron chi connectivity index (χ1n) is 8.02. The van der Waals surface area contributed by atoms with Gasteiger partial charge in [-0.1, -0.05) is 23.7 Å². The number of pyridine rings is 1. The SMILES string of the molecule is CCOc1ccc(/C=C/C(=O)OC(C)C(=O)Nc2ccc(Cl)cn2)cc1. The second-order valence-corrected chi connectivity index (χ2v) is 5.70. The fraction of sp³-hybridized carbons (Fsp3) is 0.211. The number of carbonyl (C=O) groups excluding carboxylic acids is 2. The summed E-state index contributed by atoms with van der Waals surface area (Å²) in [6.07, 6.45) is 3.31. The second-order valence-electron chi connectivity index (χ2n) is 5.27. The molecule has 0 aliphatic heterocycles. The molecule has 2 rings (SSSR count). The van der Waals surface area contributed by atoms with Gasteiger partial charge in [-0.05, 0) is 49.8 Å². The Morgan fingerprint density at radius 2 is 1.96 bits per heavy atom. The maximum absolute atomic E-state index is 12.0. The molecule has 1 unspecified atom stereocenters. The number of ether oxygens (including phenoxy) is 2. The van der Waals surface area contributed by atoms with E-state index in [-0.39, 0.29) is 0 Å². The highest BCUT2D eigenvalue weighted by molar-refractivity contribution is 6.30. The van der Waals surface area contributed by atoms with Crippen LogP contribution in [0.1, 0.15) is 19.4 Å². The Bertz CT molecular complexity index is 773. The van der Waals surface area contributed by atoms with Gasteiger partial charge in [0.15, 0.2) is 6.10 Å². The van der Waals surface area contributed by atoms with Gasteiger partial charge in [0.05, 0.1) is 11.6 Å². The minimum Gasteiger partial charge on any atom is -0.494 e. The van der Waals surface area contributed by atoms with E-state index in [0.717, 1.165) is 11.3 Å². The number of rotatable bonds is 7. The van der Waals surface area contributed by atoms with Crippen LogP contribution in [0.3, 0.4) is 0 Å². The molecule has 26 heavy (non-hydrogen) atoms. The third kappa shape index (κ3) is 6.22. The number of hydrogen-bond acceptors (Lipinski definition) is 5. The Hall–Kier alpha value is -2.86. The Labute approximate surface area is 156 Å². The summed E-state index contributed by atoms with van der Waals surface area (Å²) < 4.78 is 10.4. The average molecular weight is 375 g/mol. The highest BCUT2D eigenvalue weighted by Gasteiger charge is 2.17. The largest absolute Gasteiger partial charge is 0.494 e. The van der Waals surface area contributed by atoms with Crippen molar-refractivity contribution in [1.82, 2.24) is 4.98 Å². The molecule has 0 bridgehead atoms. The zero-order chi connectivity index (χ0) is 18.9. The lowest BCUT2D eigenvalue weighted by atomic mass is 10.2. The molecule has 0 fully saturated rings. The quantitative estimate of drug-likeness (QED) is 0.590. The summed E-state index contributed by atoms with van der Waals surface area (Å²) in [5.41, 5.74) is 0.813. The molecule has 1 aromatic carbocycles. The van der Waals surface area contributed by atoms with E-state index in [4.69, 9.17) is 21.1 Å². The molecule has 0 aliphatic rings. The van der Waals surface area contributed by atoms with Crippen molar-refractivity contribution in [3.63, 3.8) is 0 Å². The number of hydrogen-bond donors (Lipinski definition) is 1. The third-order valence-corrected chi connectivity index (χ3v) is 3.47. The predicted molar refractivity (Wildman–Crippen MR) is 100 cm³/mol. The highest BCUT2D eigenvalue weighted by Crippen LogP contribution is 2.13.